The van der Waals surface area contributed by atoms with Gasteiger partial charge in [-0.3, -0.25) is 0 Å². The molecular weight excluding hydrogens is 272 g/mol. The van der Waals surface area contributed by atoms with Gasteiger partial charge in [0.1, 0.15) is 24.2 Å². The van der Waals surface area contributed by atoms with Gasteiger partial charge in [0.15, 0.2) is 5.82 Å². The summed E-state index contributed by atoms with van der Waals surface area (Å²) in [7, 11) is 0. The van der Waals surface area contributed by atoms with Gasteiger partial charge in [0.25, 0.3) is 0 Å². The van der Waals surface area contributed by atoms with E-state index >= 15 is 0 Å². The summed E-state index contributed by atoms with van der Waals surface area (Å²) in [5.41, 5.74) is 6.18. The van der Waals surface area contributed by atoms with Crippen LogP contribution in [0, 0.1) is 5.92 Å². The zero-order chi connectivity index (χ0) is 15.4. The first-order valence-corrected chi connectivity index (χ1v) is 6.59. The van der Waals surface area contributed by atoms with Gasteiger partial charge in [-0.15, -0.1) is 0 Å². The number of aromatic carboxylic acids is 1. The van der Waals surface area contributed by atoms with Crippen molar-refractivity contribution in [3.63, 3.8) is 0 Å². The second-order valence-electron chi connectivity index (χ2n) is 5.10. The van der Waals surface area contributed by atoms with Crippen molar-refractivity contribution in [2.45, 2.75) is 27.0 Å². The van der Waals surface area contributed by atoms with Crippen molar-refractivity contribution < 1.29 is 14.6 Å². The summed E-state index contributed by atoms with van der Waals surface area (Å²) >= 11 is 0. The fraction of sp³-hybridized carbons (Fsp3) is 0.357. The Morgan fingerprint density at radius 3 is 2.90 bits per heavy atom. The predicted octanol–water partition coefficient (Wildman–Crippen LogP) is 1.79. The summed E-state index contributed by atoms with van der Waals surface area (Å²) in [6, 6.07) is 4.44. The van der Waals surface area contributed by atoms with Crippen LogP contribution in [-0.2, 0) is 13.2 Å². The molecule has 1 aromatic heterocycles. The highest BCUT2D eigenvalue weighted by molar-refractivity contribution is 5.91. The van der Waals surface area contributed by atoms with Crippen molar-refractivity contribution in [1.82, 2.24) is 14.8 Å². The smallest absolute Gasteiger partial charge is 0.339 e. The van der Waals surface area contributed by atoms with Gasteiger partial charge < -0.3 is 15.6 Å². The van der Waals surface area contributed by atoms with Crippen molar-refractivity contribution in [2.75, 3.05) is 5.73 Å². The molecule has 3 N–H and O–H groups in total. The van der Waals surface area contributed by atoms with Crippen molar-refractivity contribution in [2.24, 2.45) is 5.92 Å². The van der Waals surface area contributed by atoms with E-state index < -0.39 is 5.97 Å². The van der Waals surface area contributed by atoms with Crippen LogP contribution in [0.5, 0.6) is 5.75 Å². The Hall–Kier alpha value is -2.57. The number of carboxylic acid groups (broad SMARTS) is 1. The van der Waals surface area contributed by atoms with E-state index in [4.69, 9.17) is 15.6 Å². The third-order valence-corrected chi connectivity index (χ3v) is 2.83. The van der Waals surface area contributed by atoms with Crippen LogP contribution in [0.2, 0.25) is 0 Å². The van der Waals surface area contributed by atoms with Crippen LogP contribution in [0.4, 0.5) is 5.69 Å². The van der Waals surface area contributed by atoms with Gasteiger partial charge >= 0.3 is 5.97 Å². The number of aromatic nitrogens is 3. The number of carboxylic acids is 1. The molecule has 7 heteroatoms. The van der Waals surface area contributed by atoms with Crippen molar-refractivity contribution in [3.05, 3.63) is 35.9 Å². The molecule has 0 saturated heterocycles. The van der Waals surface area contributed by atoms with Gasteiger partial charge in [0.2, 0.25) is 0 Å². The first-order valence-electron chi connectivity index (χ1n) is 6.59. The Balaban J connectivity index is 2.15. The van der Waals surface area contributed by atoms with Crippen LogP contribution in [-0.4, -0.2) is 25.8 Å². The predicted molar refractivity (Wildman–Crippen MR) is 77.0 cm³/mol. The number of rotatable bonds is 6. The van der Waals surface area contributed by atoms with E-state index in [0.717, 1.165) is 6.54 Å². The molecule has 1 aromatic carbocycles. The molecule has 112 valence electrons. The molecule has 21 heavy (non-hydrogen) atoms. The van der Waals surface area contributed by atoms with Gasteiger partial charge in [-0.25, -0.2) is 14.5 Å². The quantitative estimate of drug-likeness (QED) is 0.786. The lowest BCUT2D eigenvalue weighted by Gasteiger charge is -2.11. The summed E-state index contributed by atoms with van der Waals surface area (Å²) in [5, 5.41) is 13.3. The Bertz CT molecular complexity index is 637. The maximum atomic E-state index is 11.2. The van der Waals surface area contributed by atoms with E-state index in [1.807, 2.05) is 0 Å². The van der Waals surface area contributed by atoms with E-state index in [1.165, 1.54) is 24.5 Å². The number of carbonyl (C=O) groups is 1. The lowest BCUT2D eigenvalue weighted by atomic mass is 10.2. The zero-order valence-corrected chi connectivity index (χ0v) is 12.0. The molecular formula is C14H18N4O3. The number of nitrogens with zero attached hydrogens (tertiary/aromatic N) is 3. The van der Waals surface area contributed by atoms with Crippen LogP contribution < -0.4 is 10.5 Å². The standard InChI is InChI=1S/C14H18N4O3/c1-9(2)6-18-13(16-8-17-18)7-21-12-5-10(15)3-4-11(12)14(19)20/h3-5,8-9H,6-7,15H2,1-2H3,(H,19,20). The number of ether oxygens (including phenoxy) is 1. The third kappa shape index (κ3) is 3.71. The number of hydrogen-bond acceptors (Lipinski definition) is 5. The normalized spacial score (nSPS) is 10.8. The summed E-state index contributed by atoms with van der Waals surface area (Å²) in [6.07, 6.45) is 1.46. The highest BCUT2D eigenvalue weighted by Crippen LogP contribution is 2.22. The van der Waals surface area contributed by atoms with Gasteiger partial charge in [-0.2, -0.15) is 5.10 Å². The Kier molecular flexibility index (Phi) is 4.42. The van der Waals surface area contributed by atoms with E-state index in [1.54, 1.807) is 4.68 Å². The molecule has 0 aliphatic rings. The highest BCUT2D eigenvalue weighted by Gasteiger charge is 2.13. The molecule has 0 bridgehead atoms. The van der Waals surface area contributed by atoms with E-state index in [0.29, 0.717) is 17.4 Å². The number of anilines is 1. The Labute approximate surface area is 122 Å². The van der Waals surface area contributed by atoms with E-state index in [2.05, 4.69) is 23.9 Å². The second kappa shape index (κ2) is 6.25. The minimum absolute atomic E-state index is 0.0686. The van der Waals surface area contributed by atoms with Crippen molar-refractivity contribution >= 4 is 11.7 Å². The van der Waals surface area contributed by atoms with Crippen LogP contribution in [0.1, 0.15) is 30.0 Å². The summed E-state index contributed by atoms with van der Waals surface area (Å²) < 4.78 is 7.31. The van der Waals surface area contributed by atoms with Gasteiger partial charge in [0.05, 0.1) is 0 Å². The molecule has 0 unspecified atom stereocenters. The molecule has 0 fully saturated rings. The monoisotopic (exact) mass is 290 g/mol. The molecule has 0 spiro atoms. The van der Waals surface area contributed by atoms with Crippen LogP contribution in [0.15, 0.2) is 24.5 Å². The summed E-state index contributed by atoms with van der Waals surface area (Å²) in [5.74, 6) is 0.227. The number of benzene rings is 1. The Morgan fingerprint density at radius 1 is 1.48 bits per heavy atom. The molecule has 0 saturated carbocycles. The molecule has 0 aliphatic carbocycles. The molecule has 1 heterocycles. The van der Waals surface area contributed by atoms with Gasteiger partial charge in [0, 0.05) is 18.3 Å². The lowest BCUT2D eigenvalue weighted by Crippen LogP contribution is -2.13. The van der Waals surface area contributed by atoms with Crippen LogP contribution in [0.3, 0.4) is 0 Å². The number of nitrogens with two attached hydrogens (primary N) is 1. The largest absolute Gasteiger partial charge is 0.485 e. The van der Waals surface area contributed by atoms with Gasteiger partial charge in [-0.05, 0) is 18.1 Å². The minimum atomic E-state index is -1.06. The fourth-order valence-electron chi connectivity index (χ4n) is 1.88. The maximum Gasteiger partial charge on any atom is 0.339 e. The van der Waals surface area contributed by atoms with Crippen LogP contribution in [0.25, 0.3) is 0 Å². The zero-order valence-electron chi connectivity index (χ0n) is 12.0. The first kappa shape index (κ1) is 14.8. The number of nitrogen functional groups attached to an aromatic ring is 1. The summed E-state index contributed by atoms with van der Waals surface area (Å²) in [4.78, 5) is 15.3. The van der Waals surface area contributed by atoms with Crippen molar-refractivity contribution in [3.8, 4) is 5.75 Å². The molecule has 0 aliphatic heterocycles. The molecule has 0 radical (unpaired) electrons. The lowest BCUT2D eigenvalue weighted by molar-refractivity contribution is 0.0691. The SMILES string of the molecule is CC(C)Cn1ncnc1COc1cc(N)ccc1C(=O)O. The maximum absolute atomic E-state index is 11.2. The van der Waals surface area contributed by atoms with E-state index in [-0.39, 0.29) is 17.9 Å². The van der Waals surface area contributed by atoms with Crippen molar-refractivity contribution in [1.29, 1.82) is 0 Å². The minimum Gasteiger partial charge on any atom is -0.485 e. The molecule has 7 nitrogen and oxygen atoms in total. The van der Waals surface area contributed by atoms with E-state index in [9.17, 15) is 4.79 Å². The van der Waals surface area contributed by atoms with Crippen LogP contribution >= 0.6 is 0 Å². The second-order valence-corrected chi connectivity index (χ2v) is 5.10. The first-order chi connectivity index (χ1) is 9.97. The molecule has 0 amide bonds. The topological polar surface area (TPSA) is 103 Å². The fourth-order valence-corrected chi connectivity index (χ4v) is 1.88. The highest BCUT2D eigenvalue weighted by atomic mass is 16.5. The van der Waals surface area contributed by atoms with Gasteiger partial charge in [-0.1, -0.05) is 13.8 Å². The molecule has 2 aromatic rings. The number of hydrogen-bond donors (Lipinski definition) is 2. The average Bonchev–Trinajstić information content (AvgIpc) is 2.82. The Morgan fingerprint density at radius 2 is 2.24 bits per heavy atom. The average molecular weight is 290 g/mol. The summed E-state index contributed by atoms with van der Waals surface area (Å²) in [6.45, 7) is 5.01. The third-order valence-electron chi connectivity index (χ3n) is 2.83. The molecule has 0 atom stereocenters. The molecule has 2 rings (SSSR count).